The Morgan fingerprint density at radius 1 is 0.296 bits per heavy atom. The predicted molar refractivity (Wildman–Crippen MR) is 124 cm³/mol. The highest BCUT2D eigenvalue weighted by atomic mass is 14.2. The van der Waals surface area contributed by atoms with Gasteiger partial charge < -0.3 is 0 Å². The zero-order chi connectivity index (χ0) is 19.9. The van der Waals surface area contributed by atoms with Gasteiger partial charge in [-0.3, -0.25) is 0 Å². The molecule has 0 heteroatoms. The average molecular weight is 379 g/mol. The van der Waals surface area contributed by atoms with Crippen molar-refractivity contribution in [3.63, 3.8) is 0 Å². The fourth-order valence-corrected chi connectivity index (χ4v) is 4.73. The molecule has 0 saturated heterocycles. The van der Waals surface area contributed by atoms with Crippen LogP contribution in [0.2, 0.25) is 0 Å². The second-order valence-corrected chi connectivity index (χ2v) is 10.8. The second-order valence-electron chi connectivity index (χ2n) is 10.8. The summed E-state index contributed by atoms with van der Waals surface area (Å²) in [5, 5.41) is 0. The molecule has 4 rings (SSSR count). The van der Waals surface area contributed by atoms with Crippen LogP contribution >= 0.6 is 0 Å². The molecule has 0 radical (unpaired) electrons. The number of hydrogen-bond acceptors (Lipinski definition) is 0. The lowest BCUT2D eigenvalue weighted by molar-refractivity contribution is 0.277. The van der Waals surface area contributed by atoms with Crippen LogP contribution in [-0.4, -0.2) is 0 Å². The number of rotatable bonds is 0. The Bertz CT molecular complexity index is 278. The Hall–Kier alpha value is 0. The average Bonchev–Trinajstić information content (AvgIpc) is 2.65. The summed E-state index contributed by atoms with van der Waals surface area (Å²) in [4.78, 5) is 0. The molecule has 4 saturated carbocycles. The molecule has 0 nitrogen and oxygen atoms in total. The lowest BCUT2D eigenvalue weighted by Crippen LogP contribution is -2.12. The van der Waals surface area contributed by atoms with Crippen molar-refractivity contribution in [2.24, 2.45) is 29.6 Å². The molecule has 0 N–H and O–H groups in total. The van der Waals surface area contributed by atoms with Gasteiger partial charge in [-0.2, -0.15) is 0 Å². The fraction of sp³-hybridized carbons (Fsp3) is 1.00. The molecule has 4 fully saturated rings. The highest BCUT2D eigenvalue weighted by Crippen LogP contribution is 2.28. The van der Waals surface area contributed by atoms with E-state index in [0.29, 0.717) is 0 Å². The van der Waals surface area contributed by atoms with Crippen molar-refractivity contribution in [3.8, 4) is 0 Å². The summed E-state index contributed by atoms with van der Waals surface area (Å²) in [7, 11) is 0. The third kappa shape index (κ3) is 13.8. The molecular formula is C27H54. The molecule has 4 aliphatic carbocycles. The second kappa shape index (κ2) is 15.9. The third-order valence-corrected chi connectivity index (χ3v) is 7.72. The van der Waals surface area contributed by atoms with Gasteiger partial charge in [-0.15, -0.1) is 0 Å². The highest BCUT2D eigenvalue weighted by Gasteiger charge is 2.15. The fourth-order valence-electron chi connectivity index (χ4n) is 4.73. The van der Waals surface area contributed by atoms with Crippen LogP contribution in [0.5, 0.6) is 0 Å². The van der Waals surface area contributed by atoms with Gasteiger partial charge in [0.05, 0.1) is 0 Å². The van der Waals surface area contributed by atoms with Gasteiger partial charge in [0.15, 0.2) is 0 Å². The van der Waals surface area contributed by atoms with Gasteiger partial charge in [-0.05, 0) is 29.6 Å². The summed E-state index contributed by atoms with van der Waals surface area (Å²) in [5.74, 6) is 5.14. The van der Waals surface area contributed by atoms with Crippen LogP contribution in [0.15, 0.2) is 0 Å². The van der Waals surface area contributed by atoms with Crippen molar-refractivity contribution in [2.75, 3.05) is 0 Å². The van der Waals surface area contributed by atoms with Crippen LogP contribution < -0.4 is 0 Å². The Kier molecular flexibility index (Phi) is 14.7. The smallest absolute Gasteiger partial charge is 0.0417 e. The van der Waals surface area contributed by atoms with E-state index in [0.717, 1.165) is 29.6 Å². The van der Waals surface area contributed by atoms with Gasteiger partial charge in [-0.1, -0.05) is 144 Å². The topological polar surface area (TPSA) is 0 Å². The minimum Gasteiger partial charge on any atom is -0.0625 e. The first kappa shape index (κ1) is 25.0. The molecule has 0 heterocycles. The van der Waals surface area contributed by atoms with E-state index < -0.39 is 0 Å². The maximum absolute atomic E-state index is 2.38. The quantitative estimate of drug-likeness (QED) is 0.393. The van der Waals surface area contributed by atoms with Crippen LogP contribution in [0.25, 0.3) is 0 Å². The molecule has 0 bridgehead atoms. The Labute approximate surface area is 173 Å². The number of hydrogen-bond donors (Lipinski definition) is 0. The first-order chi connectivity index (χ1) is 13.0. The van der Waals surface area contributed by atoms with Gasteiger partial charge in [0.1, 0.15) is 0 Å². The maximum atomic E-state index is 2.38. The van der Waals surface area contributed by atoms with Crippen LogP contribution in [0.3, 0.4) is 0 Å². The lowest BCUT2D eigenvalue weighted by Gasteiger charge is -2.24. The first-order valence-corrected chi connectivity index (χ1v) is 13.0. The monoisotopic (exact) mass is 378 g/mol. The molecule has 0 aromatic rings. The standard InChI is InChI=1S/C8H16.2C7H14.C5H10/c1-7-5-3-4-6-8(7)2;2*1-7-5-3-2-4-6-7;1-5-3-2-4-5/h7-8H,3-6H2,1-2H3;2*7H,2-6H2,1H3;5H,2-4H2,1H3. The predicted octanol–water partition coefficient (Wildman–Crippen LogP) is 9.81. The van der Waals surface area contributed by atoms with Gasteiger partial charge in [0, 0.05) is 0 Å². The van der Waals surface area contributed by atoms with E-state index in [-0.39, 0.29) is 0 Å². The summed E-state index contributed by atoms with van der Waals surface area (Å²) in [6.07, 6.45) is 25.2. The SMILES string of the molecule is CC1CCC1.CC1CCCCC1.CC1CCCCC1.CC1CCCCC1C. The molecule has 0 spiro atoms. The molecule has 0 aromatic carbocycles. The Balaban J connectivity index is 0.000000182. The van der Waals surface area contributed by atoms with E-state index in [1.165, 1.54) is 109 Å². The molecule has 2 unspecified atom stereocenters. The highest BCUT2D eigenvalue weighted by molar-refractivity contribution is 4.67. The summed E-state index contributed by atoms with van der Waals surface area (Å²) >= 11 is 0. The molecule has 4 aliphatic rings. The molecule has 2 atom stereocenters. The zero-order valence-corrected chi connectivity index (χ0v) is 19.9. The summed E-state index contributed by atoms with van der Waals surface area (Å²) < 4.78 is 0. The molecule has 0 amide bonds. The van der Waals surface area contributed by atoms with Crippen LogP contribution in [0, 0.1) is 29.6 Å². The Morgan fingerprint density at radius 3 is 0.704 bits per heavy atom. The van der Waals surface area contributed by atoms with E-state index in [2.05, 4.69) is 34.6 Å². The van der Waals surface area contributed by atoms with Crippen LogP contribution in [0.4, 0.5) is 0 Å². The summed E-state index contributed by atoms with van der Waals surface area (Å²) in [6, 6.07) is 0. The third-order valence-electron chi connectivity index (χ3n) is 7.72. The van der Waals surface area contributed by atoms with E-state index in [9.17, 15) is 0 Å². The molecule has 162 valence electrons. The summed E-state index contributed by atoms with van der Waals surface area (Å²) in [6.45, 7) is 11.8. The molecular weight excluding hydrogens is 324 g/mol. The van der Waals surface area contributed by atoms with Crippen molar-refractivity contribution in [1.82, 2.24) is 0 Å². The van der Waals surface area contributed by atoms with Crippen molar-refractivity contribution >= 4 is 0 Å². The van der Waals surface area contributed by atoms with Gasteiger partial charge >= 0.3 is 0 Å². The van der Waals surface area contributed by atoms with Gasteiger partial charge in [0.25, 0.3) is 0 Å². The normalized spacial score (nSPS) is 29.7. The van der Waals surface area contributed by atoms with Crippen molar-refractivity contribution in [1.29, 1.82) is 0 Å². The van der Waals surface area contributed by atoms with Crippen LogP contribution in [-0.2, 0) is 0 Å². The largest absolute Gasteiger partial charge is 0.0625 e. The Morgan fingerprint density at radius 2 is 0.556 bits per heavy atom. The van der Waals surface area contributed by atoms with E-state index >= 15 is 0 Å². The minimum absolute atomic E-state index is 1.00. The van der Waals surface area contributed by atoms with E-state index in [1.54, 1.807) is 0 Å². The molecule has 0 aliphatic heterocycles. The van der Waals surface area contributed by atoms with Crippen molar-refractivity contribution in [3.05, 3.63) is 0 Å². The van der Waals surface area contributed by atoms with E-state index in [1.807, 2.05) is 0 Å². The first-order valence-electron chi connectivity index (χ1n) is 13.0. The van der Waals surface area contributed by atoms with Gasteiger partial charge in [0.2, 0.25) is 0 Å². The van der Waals surface area contributed by atoms with Gasteiger partial charge in [-0.25, -0.2) is 0 Å². The van der Waals surface area contributed by atoms with E-state index in [4.69, 9.17) is 0 Å². The lowest BCUT2D eigenvalue weighted by atomic mass is 9.82. The molecule has 0 aromatic heterocycles. The van der Waals surface area contributed by atoms with Crippen molar-refractivity contribution in [2.45, 2.75) is 144 Å². The zero-order valence-electron chi connectivity index (χ0n) is 19.9. The summed E-state index contributed by atoms with van der Waals surface area (Å²) in [5.41, 5.74) is 0. The van der Waals surface area contributed by atoms with Crippen molar-refractivity contribution < 1.29 is 0 Å². The maximum Gasteiger partial charge on any atom is -0.0417 e. The molecule has 27 heavy (non-hydrogen) atoms. The van der Waals surface area contributed by atoms with Crippen LogP contribution in [0.1, 0.15) is 144 Å². The minimum atomic E-state index is 1.00.